The summed E-state index contributed by atoms with van der Waals surface area (Å²) in [7, 11) is 0. The van der Waals surface area contributed by atoms with E-state index >= 15 is 0 Å². The van der Waals surface area contributed by atoms with Crippen molar-refractivity contribution in [3.05, 3.63) is 45.6 Å². The zero-order valence-corrected chi connectivity index (χ0v) is 10.3. The zero-order valence-electron chi connectivity index (χ0n) is 8.75. The molecule has 16 heavy (non-hydrogen) atoms. The maximum absolute atomic E-state index is 6.10. The normalized spacial score (nSPS) is 11.1. The third-order valence-corrected chi connectivity index (χ3v) is 3.82. The predicted molar refractivity (Wildman–Crippen MR) is 71.4 cm³/mol. The van der Waals surface area contributed by atoms with E-state index in [-0.39, 0.29) is 0 Å². The van der Waals surface area contributed by atoms with Crippen LogP contribution in [-0.2, 0) is 0 Å². The standard InChI is InChI=1S/C13H10ClNS/c1-8-4-10-5-12(9-2-3-16-7-9)15-13(10)6-11(8)14/h2-7,15H,1H3. The predicted octanol–water partition coefficient (Wildman–Crippen LogP) is 4.86. The molecule has 1 aromatic carbocycles. The van der Waals surface area contributed by atoms with Crippen molar-refractivity contribution in [1.29, 1.82) is 0 Å². The van der Waals surface area contributed by atoms with Crippen LogP contribution >= 0.6 is 22.9 Å². The molecule has 0 radical (unpaired) electrons. The zero-order chi connectivity index (χ0) is 11.1. The van der Waals surface area contributed by atoms with Gasteiger partial charge in [0, 0.05) is 32.6 Å². The van der Waals surface area contributed by atoms with Gasteiger partial charge in [-0.3, -0.25) is 0 Å². The van der Waals surface area contributed by atoms with E-state index in [0.29, 0.717) is 0 Å². The molecule has 0 saturated heterocycles. The van der Waals surface area contributed by atoms with E-state index in [0.717, 1.165) is 21.8 Å². The highest BCUT2D eigenvalue weighted by Gasteiger charge is 2.05. The lowest BCUT2D eigenvalue weighted by Gasteiger charge is -1.96. The fourth-order valence-corrected chi connectivity index (χ4v) is 2.66. The number of benzene rings is 1. The van der Waals surface area contributed by atoms with Gasteiger partial charge in [0.2, 0.25) is 0 Å². The number of aromatic amines is 1. The molecule has 0 spiro atoms. The summed E-state index contributed by atoms with van der Waals surface area (Å²) in [6, 6.07) is 8.39. The lowest BCUT2D eigenvalue weighted by Crippen LogP contribution is -1.75. The smallest absolute Gasteiger partial charge is 0.0473 e. The molecular formula is C13H10ClNS. The van der Waals surface area contributed by atoms with Gasteiger partial charge in [-0.25, -0.2) is 0 Å². The Balaban J connectivity index is 2.23. The molecule has 0 atom stereocenters. The Morgan fingerprint density at radius 1 is 1.25 bits per heavy atom. The molecule has 0 saturated carbocycles. The second-order valence-electron chi connectivity index (χ2n) is 3.88. The average Bonchev–Trinajstić information content (AvgIpc) is 2.86. The van der Waals surface area contributed by atoms with E-state index in [1.165, 1.54) is 10.9 Å². The van der Waals surface area contributed by atoms with Gasteiger partial charge in [-0.2, -0.15) is 11.3 Å². The largest absolute Gasteiger partial charge is 0.354 e. The van der Waals surface area contributed by atoms with Gasteiger partial charge in [0.15, 0.2) is 0 Å². The number of hydrogen-bond donors (Lipinski definition) is 1. The van der Waals surface area contributed by atoms with E-state index in [1.807, 2.05) is 13.0 Å². The fourth-order valence-electron chi connectivity index (χ4n) is 1.84. The van der Waals surface area contributed by atoms with Crippen molar-refractivity contribution in [2.75, 3.05) is 0 Å². The average molecular weight is 248 g/mol. The molecule has 0 aliphatic heterocycles. The van der Waals surface area contributed by atoms with Gasteiger partial charge in [-0.05, 0) is 42.1 Å². The van der Waals surface area contributed by atoms with Crippen LogP contribution in [0.1, 0.15) is 5.56 Å². The fraction of sp³-hybridized carbons (Fsp3) is 0.0769. The molecule has 3 rings (SSSR count). The molecule has 3 heteroatoms. The number of halogens is 1. The van der Waals surface area contributed by atoms with Gasteiger partial charge in [0.25, 0.3) is 0 Å². The summed E-state index contributed by atoms with van der Waals surface area (Å²) in [5, 5.41) is 6.24. The molecule has 2 heterocycles. The maximum atomic E-state index is 6.10. The summed E-state index contributed by atoms with van der Waals surface area (Å²) in [6.45, 7) is 2.03. The number of aromatic nitrogens is 1. The summed E-state index contributed by atoms with van der Waals surface area (Å²) in [6.07, 6.45) is 0. The number of thiophene rings is 1. The van der Waals surface area contributed by atoms with E-state index < -0.39 is 0 Å². The van der Waals surface area contributed by atoms with Crippen molar-refractivity contribution in [2.45, 2.75) is 6.92 Å². The van der Waals surface area contributed by atoms with Crippen molar-refractivity contribution in [2.24, 2.45) is 0 Å². The number of nitrogens with one attached hydrogen (secondary N) is 1. The molecule has 2 aromatic heterocycles. The summed E-state index contributed by atoms with van der Waals surface area (Å²) in [4.78, 5) is 3.39. The number of H-pyrrole nitrogens is 1. The number of hydrogen-bond acceptors (Lipinski definition) is 1. The first-order valence-corrected chi connectivity index (χ1v) is 6.37. The number of aryl methyl sites for hydroxylation is 1. The SMILES string of the molecule is Cc1cc2cc(-c3ccsc3)[nH]c2cc1Cl. The first kappa shape index (κ1) is 9.94. The second-order valence-corrected chi connectivity index (χ2v) is 5.07. The van der Waals surface area contributed by atoms with Crippen molar-refractivity contribution in [1.82, 2.24) is 4.98 Å². The van der Waals surface area contributed by atoms with Crippen LogP contribution in [0.25, 0.3) is 22.2 Å². The first-order chi connectivity index (χ1) is 7.74. The van der Waals surface area contributed by atoms with Gasteiger partial charge in [0.05, 0.1) is 0 Å². The molecule has 0 unspecified atom stereocenters. The molecule has 80 valence electrons. The molecule has 0 aliphatic carbocycles. The summed E-state index contributed by atoms with van der Waals surface area (Å²) in [5.41, 5.74) is 4.59. The van der Waals surface area contributed by atoms with Gasteiger partial charge in [-0.15, -0.1) is 0 Å². The number of rotatable bonds is 1. The monoisotopic (exact) mass is 247 g/mol. The summed E-state index contributed by atoms with van der Waals surface area (Å²) < 4.78 is 0. The number of fused-ring (bicyclic) bond motifs is 1. The van der Waals surface area contributed by atoms with Crippen molar-refractivity contribution in [3.63, 3.8) is 0 Å². The topological polar surface area (TPSA) is 15.8 Å². The second kappa shape index (κ2) is 3.65. The molecule has 0 fully saturated rings. The van der Waals surface area contributed by atoms with Crippen LogP contribution in [0.5, 0.6) is 0 Å². The Bertz CT molecular complexity index is 598. The molecule has 0 aliphatic rings. The molecule has 0 amide bonds. The van der Waals surface area contributed by atoms with Crippen LogP contribution in [0.15, 0.2) is 35.0 Å². The third-order valence-electron chi connectivity index (χ3n) is 2.73. The van der Waals surface area contributed by atoms with E-state index in [9.17, 15) is 0 Å². The van der Waals surface area contributed by atoms with E-state index in [2.05, 4.69) is 33.9 Å². The van der Waals surface area contributed by atoms with E-state index in [4.69, 9.17) is 11.6 Å². The molecular weight excluding hydrogens is 238 g/mol. The van der Waals surface area contributed by atoms with Crippen LogP contribution in [0.4, 0.5) is 0 Å². The molecule has 1 N–H and O–H groups in total. The highest BCUT2D eigenvalue weighted by molar-refractivity contribution is 7.08. The Morgan fingerprint density at radius 2 is 2.12 bits per heavy atom. The Kier molecular flexibility index (Phi) is 2.27. The highest BCUT2D eigenvalue weighted by atomic mass is 35.5. The van der Waals surface area contributed by atoms with Gasteiger partial charge < -0.3 is 4.98 Å². The van der Waals surface area contributed by atoms with Crippen molar-refractivity contribution in [3.8, 4) is 11.3 Å². The summed E-state index contributed by atoms with van der Waals surface area (Å²) >= 11 is 7.81. The Labute approximate surface area is 103 Å². The maximum Gasteiger partial charge on any atom is 0.0473 e. The van der Waals surface area contributed by atoms with Gasteiger partial charge in [0.1, 0.15) is 0 Å². The molecule has 0 bridgehead atoms. The Hall–Kier alpha value is -1.25. The van der Waals surface area contributed by atoms with E-state index in [1.54, 1.807) is 11.3 Å². The van der Waals surface area contributed by atoms with Crippen LogP contribution in [0, 0.1) is 6.92 Å². The lowest BCUT2D eigenvalue weighted by molar-refractivity contribution is 1.45. The minimum Gasteiger partial charge on any atom is -0.354 e. The minimum absolute atomic E-state index is 0.811. The van der Waals surface area contributed by atoms with Crippen molar-refractivity contribution >= 4 is 33.8 Å². The van der Waals surface area contributed by atoms with Crippen LogP contribution in [-0.4, -0.2) is 4.98 Å². The summed E-state index contributed by atoms with van der Waals surface area (Å²) in [5.74, 6) is 0. The minimum atomic E-state index is 0.811. The highest BCUT2D eigenvalue weighted by Crippen LogP contribution is 2.29. The van der Waals surface area contributed by atoms with Crippen LogP contribution in [0.2, 0.25) is 5.02 Å². The molecule has 1 nitrogen and oxygen atoms in total. The Morgan fingerprint density at radius 3 is 2.88 bits per heavy atom. The van der Waals surface area contributed by atoms with Gasteiger partial charge >= 0.3 is 0 Å². The molecule has 3 aromatic rings. The lowest BCUT2D eigenvalue weighted by atomic mass is 10.1. The van der Waals surface area contributed by atoms with Gasteiger partial charge in [-0.1, -0.05) is 11.6 Å². The van der Waals surface area contributed by atoms with Crippen molar-refractivity contribution < 1.29 is 0 Å². The van der Waals surface area contributed by atoms with Crippen LogP contribution in [0.3, 0.4) is 0 Å². The first-order valence-electron chi connectivity index (χ1n) is 5.05. The van der Waals surface area contributed by atoms with Crippen LogP contribution < -0.4 is 0 Å². The third kappa shape index (κ3) is 1.55. The quantitative estimate of drug-likeness (QED) is 0.632.